The lowest BCUT2D eigenvalue weighted by molar-refractivity contribution is 0.668. The Kier molecular flexibility index (Phi) is 12.8. The zero-order chi connectivity index (χ0) is 65.1. The van der Waals surface area contributed by atoms with E-state index in [0.29, 0.717) is 0 Å². The Bertz CT molecular complexity index is 6810. The van der Waals surface area contributed by atoms with Gasteiger partial charge in [-0.1, -0.05) is 206 Å². The normalized spacial score (nSPS) is 11.8. The summed E-state index contributed by atoms with van der Waals surface area (Å²) in [6, 6.07) is 107. The van der Waals surface area contributed by atoms with Crippen LogP contribution in [-0.4, -0.2) is 19.9 Å². The van der Waals surface area contributed by atoms with Crippen molar-refractivity contribution >= 4 is 131 Å². The zero-order valence-electron chi connectivity index (χ0n) is 53.2. The number of rotatable bonds is 7. The van der Waals surface area contributed by atoms with E-state index in [9.17, 15) is 0 Å². The molecule has 0 saturated heterocycles. The molecule has 0 bridgehead atoms. The number of furan rings is 3. The smallest absolute Gasteiger partial charge is 0.136 e. The second-order valence-corrected chi connectivity index (χ2v) is 25.5. The van der Waals surface area contributed by atoms with Crippen LogP contribution in [-0.2, 0) is 0 Å². The zero-order valence-corrected chi connectivity index (χ0v) is 53.2. The van der Waals surface area contributed by atoms with Gasteiger partial charge in [0.05, 0.1) is 22.4 Å². The molecule has 7 heteroatoms. The van der Waals surface area contributed by atoms with Gasteiger partial charge < -0.3 is 13.3 Å². The second kappa shape index (κ2) is 22.7. The van der Waals surface area contributed by atoms with Gasteiger partial charge in [-0.25, -0.2) is 0 Å². The van der Waals surface area contributed by atoms with Crippen LogP contribution in [0.4, 0.5) is 0 Å². The van der Waals surface area contributed by atoms with Crippen LogP contribution in [0.25, 0.3) is 209 Å². The molecule has 0 aliphatic heterocycles. The molecule has 21 rings (SSSR count). The number of para-hydroxylation sites is 5. The van der Waals surface area contributed by atoms with Crippen LogP contribution in [0.5, 0.6) is 0 Å². The molecular weight excluding hydrogens is 1210 g/mol. The van der Waals surface area contributed by atoms with Crippen molar-refractivity contribution in [3.63, 3.8) is 0 Å². The van der Waals surface area contributed by atoms with E-state index in [1.165, 1.54) is 54.6 Å². The van der Waals surface area contributed by atoms with Crippen LogP contribution in [0, 0.1) is 0 Å². The van der Waals surface area contributed by atoms with E-state index in [1.54, 1.807) is 0 Å². The minimum absolute atomic E-state index is 0.875. The van der Waals surface area contributed by atoms with E-state index in [1.807, 2.05) is 97.6 Å². The van der Waals surface area contributed by atoms with Crippen molar-refractivity contribution in [1.82, 2.24) is 19.9 Å². The fraction of sp³-hybridized carbons (Fsp3) is 0. The van der Waals surface area contributed by atoms with E-state index in [0.717, 1.165) is 154 Å². The summed E-state index contributed by atoms with van der Waals surface area (Å²) in [5.41, 5.74) is 22.4. The van der Waals surface area contributed by atoms with Crippen LogP contribution in [0.3, 0.4) is 0 Å². The molecule has 0 aliphatic carbocycles. The Morgan fingerprint density at radius 3 is 0.869 bits per heavy atom. The van der Waals surface area contributed by atoms with Crippen molar-refractivity contribution in [3.05, 3.63) is 328 Å². The molecule has 7 nitrogen and oxygen atoms in total. The first kappa shape index (κ1) is 56.0. The summed E-state index contributed by atoms with van der Waals surface area (Å²) in [7, 11) is 0. The summed E-state index contributed by atoms with van der Waals surface area (Å²) in [6.07, 6.45) is 7.78. The summed E-state index contributed by atoms with van der Waals surface area (Å²) in [5.74, 6) is 0. The Balaban J connectivity index is 0.000000139. The number of benzene rings is 14. The largest absolute Gasteiger partial charge is 0.456 e. The van der Waals surface area contributed by atoms with Crippen LogP contribution in [0.1, 0.15) is 0 Å². The van der Waals surface area contributed by atoms with Gasteiger partial charge in [0.1, 0.15) is 33.5 Å². The molecule has 7 aromatic heterocycles. The molecule has 0 radical (unpaired) electrons. The van der Waals surface area contributed by atoms with Crippen molar-refractivity contribution in [1.29, 1.82) is 0 Å². The highest BCUT2D eigenvalue weighted by Crippen LogP contribution is 2.49. The second-order valence-electron chi connectivity index (χ2n) is 25.5. The summed E-state index contributed by atoms with van der Waals surface area (Å²) < 4.78 is 19.1. The van der Waals surface area contributed by atoms with Gasteiger partial charge in [0.25, 0.3) is 0 Å². The number of hydrogen-bond acceptors (Lipinski definition) is 7. The highest BCUT2D eigenvalue weighted by molar-refractivity contribution is 6.24. The molecule has 0 aliphatic rings. The first-order valence-corrected chi connectivity index (χ1v) is 33.4. The van der Waals surface area contributed by atoms with Gasteiger partial charge in [-0.05, 0) is 185 Å². The number of aromatic nitrogens is 4. The van der Waals surface area contributed by atoms with Gasteiger partial charge >= 0.3 is 0 Å². The minimum Gasteiger partial charge on any atom is -0.456 e. The average Bonchev–Trinajstić information content (AvgIpc) is 1.43. The number of hydrogen-bond donors (Lipinski definition) is 0. The molecule has 14 aromatic carbocycles. The molecule has 0 N–H and O–H groups in total. The molecular formula is C92H54N4O3. The Morgan fingerprint density at radius 2 is 0.465 bits per heavy atom. The van der Waals surface area contributed by atoms with E-state index in [-0.39, 0.29) is 0 Å². The maximum Gasteiger partial charge on any atom is 0.136 e. The fourth-order valence-corrected chi connectivity index (χ4v) is 15.2. The third kappa shape index (κ3) is 9.35. The Labute approximate surface area is 566 Å². The van der Waals surface area contributed by atoms with Gasteiger partial charge in [-0.15, -0.1) is 0 Å². The highest BCUT2D eigenvalue weighted by Gasteiger charge is 2.22. The van der Waals surface area contributed by atoms with E-state index in [2.05, 4.69) is 240 Å². The van der Waals surface area contributed by atoms with Crippen molar-refractivity contribution in [2.45, 2.75) is 0 Å². The molecule has 7 heterocycles. The van der Waals surface area contributed by atoms with Gasteiger partial charge in [0.2, 0.25) is 0 Å². The van der Waals surface area contributed by atoms with E-state index in [4.69, 9.17) is 23.2 Å². The standard InChI is InChI=1S/C52H30N2O2.C40H24N2O/c1-6-14-45-32(9-1)25-36(30-54-45)46-24-20-35(29-53-46)31-17-23-43-44(26-31)52(34-19-22-40-38-11-5-8-16-48(38)56-50(40)28-34)42-13-3-2-12-41(42)51(43)33-18-21-39-37-10-4-7-15-47(37)55-49(39)27-33;1-7-15-35-25(9-1)21-28(24-42-35)36-20-18-27(23-41-36)40-33-13-4-2-11-31(33)39(32-12-3-5-14-34(32)40)26-17-19-30-29-10-6-8-16-37(29)43-38(30)22-26/h1-30H;1-24H. The maximum atomic E-state index is 6.44. The average molecular weight is 1260 g/mol. The van der Waals surface area contributed by atoms with Crippen LogP contribution in [0.15, 0.2) is 341 Å². The van der Waals surface area contributed by atoms with E-state index < -0.39 is 0 Å². The molecule has 0 spiro atoms. The van der Waals surface area contributed by atoms with Gasteiger partial charge in [0, 0.05) is 90.1 Å². The SMILES string of the molecule is c1ccc2ncc(-c3ccc(-c4c5ccccc5c(-c5ccc6c(c5)oc5ccccc56)c5ccccc45)cn3)cc2c1.c1ccc2ncc(-c3ccc(-c4ccc5c(-c6ccc7c(c6)oc6ccccc67)c6ccccc6c(-c6ccc7c(c6)oc6ccccc67)c5c4)cn3)cc2c1. The summed E-state index contributed by atoms with van der Waals surface area (Å²) in [6.45, 7) is 0. The molecule has 0 amide bonds. The number of pyridine rings is 4. The van der Waals surface area contributed by atoms with Crippen molar-refractivity contribution in [3.8, 4) is 78.1 Å². The molecule has 0 saturated carbocycles. The summed E-state index contributed by atoms with van der Waals surface area (Å²) >= 11 is 0. The molecule has 21 aromatic rings. The third-order valence-electron chi connectivity index (χ3n) is 19.9. The van der Waals surface area contributed by atoms with Crippen LogP contribution in [0.2, 0.25) is 0 Å². The summed E-state index contributed by atoms with van der Waals surface area (Å²) in [5, 5.41) is 18.4. The van der Waals surface area contributed by atoms with Gasteiger partial charge in [0.15, 0.2) is 0 Å². The maximum absolute atomic E-state index is 6.44. The fourth-order valence-electron chi connectivity index (χ4n) is 15.2. The van der Waals surface area contributed by atoms with Gasteiger partial charge in [-0.3, -0.25) is 19.9 Å². The number of nitrogens with zero attached hydrogens (tertiary/aromatic N) is 4. The molecule has 99 heavy (non-hydrogen) atoms. The lowest BCUT2D eigenvalue weighted by atomic mass is 9.84. The Hall–Kier alpha value is -13.4. The first-order valence-electron chi connectivity index (χ1n) is 33.4. The monoisotopic (exact) mass is 1260 g/mol. The van der Waals surface area contributed by atoms with Crippen LogP contribution >= 0.6 is 0 Å². The minimum atomic E-state index is 0.875. The first-order chi connectivity index (χ1) is 49.0. The highest BCUT2D eigenvalue weighted by atomic mass is 16.3. The third-order valence-corrected chi connectivity index (χ3v) is 19.9. The molecule has 0 atom stereocenters. The van der Waals surface area contributed by atoms with Crippen LogP contribution < -0.4 is 0 Å². The molecule has 460 valence electrons. The van der Waals surface area contributed by atoms with Crippen molar-refractivity contribution < 1.29 is 13.3 Å². The predicted octanol–water partition coefficient (Wildman–Crippen LogP) is 25.2. The Morgan fingerprint density at radius 1 is 0.172 bits per heavy atom. The number of fused-ring (bicyclic) bond motifs is 15. The lowest BCUT2D eigenvalue weighted by Crippen LogP contribution is -1.92. The molecule has 0 unspecified atom stereocenters. The lowest BCUT2D eigenvalue weighted by Gasteiger charge is -2.19. The van der Waals surface area contributed by atoms with Gasteiger partial charge in [-0.2, -0.15) is 0 Å². The van der Waals surface area contributed by atoms with E-state index >= 15 is 0 Å². The summed E-state index contributed by atoms with van der Waals surface area (Å²) in [4.78, 5) is 19.2. The quantitative estimate of drug-likeness (QED) is 0.147. The molecule has 0 fully saturated rings. The van der Waals surface area contributed by atoms with Crippen molar-refractivity contribution in [2.75, 3.05) is 0 Å². The van der Waals surface area contributed by atoms with Crippen molar-refractivity contribution in [2.24, 2.45) is 0 Å². The predicted molar refractivity (Wildman–Crippen MR) is 409 cm³/mol. The topological polar surface area (TPSA) is 91.0 Å².